The Morgan fingerprint density at radius 2 is 1.71 bits per heavy atom. The molecule has 0 fully saturated rings. The van der Waals surface area contributed by atoms with Crippen LogP contribution in [0.1, 0.15) is 28.7 Å². The van der Waals surface area contributed by atoms with Crippen LogP contribution in [0.3, 0.4) is 0 Å². The second-order valence-corrected chi connectivity index (χ2v) is 8.19. The summed E-state index contributed by atoms with van der Waals surface area (Å²) in [4.78, 5) is 23.6. The highest BCUT2D eigenvalue weighted by atomic mass is 32.2. The minimum absolute atomic E-state index is 0.00461. The molecule has 0 radical (unpaired) electrons. The Morgan fingerprint density at radius 1 is 0.968 bits per heavy atom. The van der Waals surface area contributed by atoms with Crippen molar-refractivity contribution in [3.63, 3.8) is 0 Å². The van der Waals surface area contributed by atoms with E-state index in [9.17, 15) is 9.59 Å². The number of fused-ring (bicyclic) bond motifs is 1. The van der Waals surface area contributed by atoms with Gasteiger partial charge in [-0.2, -0.15) is 0 Å². The van der Waals surface area contributed by atoms with Crippen molar-refractivity contribution in [1.29, 1.82) is 0 Å². The summed E-state index contributed by atoms with van der Waals surface area (Å²) in [6.07, 6.45) is 0.667. The number of rotatable bonds is 7. The lowest BCUT2D eigenvalue weighted by Gasteiger charge is -2.08. The molecule has 0 spiro atoms. The zero-order chi connectivity index (χ0) is 21.8. The van der Waals surface area contributed by atoms with Crippen molar-refractivity contribution in [1.82, 2.24) is 14.8 Å². The van der Waals surface area contributed by atoms with E-state index in [0.29, 0.717) is 22.8 Å². The third-order valence-electron chi connectivity index (χ3n) is 5.06. The lowest BCUT2D eigenvalue weighted by Crippen LogP contribution is -2.14. The fourth-order valence-electron chi connectivity index (χ4n) is 3.36. The molecule has 0 aliphatic heterocycles. The maximum Gasteiger partial charge on any atom is 0.234 e. The van der Waals surface area contributed by atoms with Gasteiger partial charge in [-0.15, -0.1) is 10.2 Å². The summed E-state index contributed by atoms with van der Waals surface area (Å²) in [6.45, 7) is 1.51. The molecule has 0 saturated carbocycles. The molecule has 0 atom stereocenters. The number of anilines is 1. The molecule has 3 aromatic carbocycles. The van der Waals surface area contributed by atoms with Gasteiger partial charge in [-0.1, -0.05) is 54.2 Å². The molecule has 4 rings (SSSR count). The first kappa shape index (κ1) is 20.8. The monoisotopic (exact) mass is 430 g/mol. The van der Waals surface area contributed by atoms with Gasteiger partial charge >= 0.3 is 0 Å². The van der Waals surface area contributed by atoms with E-state index in [0.717, 1.165) is 5.82 Å². The molecule has 6 nitrogen and oxygen atoms in total. The van der Waals surface area contributed by atoms with Gasteiger partial charge in [0.05, 0.1) is 5.75 Å². The molecule has 4 aromatic rings. The number of amides is 1. The third-order valence-corrected chi connectivity index (χ3v) is 6.08. The number of carbonyl (C=O) groups is 2. The molecule has 1 aromatic heterocycles. The van der Waals surface area contributed by atoms with E-state index >= 15 is 0 Å². The predicted molar refractivity (Wildman–Crippen MR) is 124 cm³/mol. The van der Waals surface area contributed by atoms with E-state index in [2.05, 4.69) is 45.8 Å². The van der Waals surface area contributed by atoms with Crippen LogP contribution in [0.5, 0.6) is 0 Å². The number of ketones is 1. The van der Waals surface area contributed by atoms with E-state index in [-0.39, 0.29) is 17.4 Å². The SMILES string of the molecule is CC(=O)c1ccc(NC(=O)CSc2nnc(Cc3cccc4ccccc34)n2C)cc1. The molecule has 7 heteroatoms. The second kappa shape index (κ2) is 9.14. The number of hydrogen-bond acceptors (Lipinski definition) is 5. The van der Waals surface area contributed by atoms with E-state index in [4.69, 9.17) is 0 Å². The Labute approximate surface area is 184 Å². The number of nitrogens with zero attached hydrogens (tertiary/aromatic N) is 3. The van der Waals surface area contributed by atoms with Gasteiger partial charge in [0.2, 0.25) is 5.91 Å². The molecule has 0 unspecified atom stereocenters. The molecule has 1 N–H and O–H groups in total. The first-order chi connectivity index (χ1) is 15.0. The Balaban J connectivity index is 1.39. The average Bonchev–Trinajstić information content (AvgIpc) is 3.12. The molecule has 156 valence electrons. The number of nitrogens with one attached hydrogen (secondary N) is 1. The first-order valence-electron chi connectivity index (χ1n) is 9.90. The molecular formula is C24H22N4O2S. The summed E-state index contributed by atoms with van der Waals surface area (Å²) in [5.74, 6) is 0.919. The summed E-state index contributed by atoms with van der Waals surface area (Å²) in [6, 6.07) is 21.4. The highest BCUT2D eigenvalue weighted by Crippen LogP contribution is 2.23. The zero-order valence-electron chi connectivity index (χ0n) is 17.3. The van der Waals surface area contributed by atoms with Crippen molar-refractivity contribution >= 4 is 39.9 Å². The Bertz CT molecular complexity index is 1240. The molecule has 31 heavy (non-hydrogen) atoms. The molecule has 1 amide bonds. The first-order valence-corrected chi connectivity index (χ1v) is 10.9. The van der Waals surface area contributed by atoms with E-state index in [1.807, 2.05) is 23.7 Å². The van der Waals surface area contributed by atoms with Crippen LogP contribution in [0.15, 0.2) is 71.9 Å². The molecule has 0 bridgehead atoms. The van der Waals surface area contributed by atoms with Gasteiger partial charge in [0.15, 0.2) is 10.9 Å². The normalized spacial score (nSPS) is 10.9. The van der Waals surface area contributed by atoms with E-state index < -0.39 is 0 Å². The van der Waals surface area contributed by atoms with Gasteiger partial charge < -0.3 is 9.88 Å². The molecular weight excluding hydrogens is 408 g/mol. The number of thioether (sulfide) groups is 1. The van der Waals surface area contributed by atoms with Crippen LogP contribution in [0.2, 0.25) is 0 Å². The maximum absolute atomic E-state index is 12.3. The van der Waals surface area contributed by atoms with Gasteiger partial charge in [0.25, 0.3) is 0 Å². The molecule has 1 heterocycles. The molecule has 0 aliphatic rings. The largest absolute Gasteiger partial charge is 0.325 e. The van der Waals surface area contributed by atoms with Gasteiger partial charge in [-0.05, 0) is 47.5 Å². The minimum Gasteiger partial charge on any atom is -0.325 e. The van der Waals surface area contributed by atoms with E-state index in [1.165, 1.54) is 35.0 Å². The highest BCUT2D eigenvalue weighted by Gasteiger charge is 2.13. The summed E-state index contributed by atoms with van der Waals surface area (Å²) in [5.41, 5.74) is 2.47. The average molecular weight is 431 g/mol. The van der Waals surface area contributed by atoms with Crippen molar-refractivity contribution < 1.29 is 9.59 Å². The fraction of sp³-hybridized carbons (Fsp3) is 0.167. The topological polar surface area (TPSA) is 76.9 Å². The van der Waals surface area contributed by atoms with Gasteiger partial charge in [0.1, 0.15) is 5.82 Å². The Hall–Kier alpha value is -3.45. The van der Waals surface area contributed by atoms with Crippen molar-refractivity contribution in [3.8, 4) is 0 Å². The van der Waals surface area contributed by atoms with Crippen LogP contribution in [0, 0.1) is 0 Å². The van der Waals surface area contributed by atoms with Crippen molar-refractivity contribution in [3.05, 3.63) is 83.7 Å². The van der Waals surface area contributed by atoms with Crippen LogP contribution < -0.4 is 5.32 Å². The lowest BCUT2D eigenvalue weighted by atomic mass is 10.0. The van der Waals surface area contributed by atoms with E-state index in [1.54, 1.807) is 24.3 Å². The third kappa shape index (κ3) is 4.83. The second-order valence-electron chi connectivity index (χ2n) is 7.24. The molecule has 0 aliphatic carbocycles. The number of Topliss-reactive ketones (excluding diaryl/α,β-unsaturated/α-hetero) is 1. The number of aromatic nitrogens is 3. The van der Waals surface area contributed by atoms with Crippen molar-refractivity contribution in [2.24, 2.45) is 7.05 Å². The number of hydrogen-bond donors (Lipinski definition) is 1. The van der Waals surface area contributed by atoms with Crippen LogP contribution in [0.25, 0.3) is 10.8 Å². The van der Waals surface area contributed by atoms with Crippen LogP contribution in [0.4, 0.5) is 5.69 Å². The quantitative estimate of drug-likeness (QED) is 0.345. The zero-order valence-corrected chi connectivity index (χ0v) is 18.1. The summed E-state index contributed by atoms with van der Waals surface area (Å²) in [5, 5.41) is 14.5. The standard InChI is InChI=1S/C24H22N4O2S/c1-16(29)17-10-12-20(13-11-17)25-23(30)15-31-24-27-26-22(28(24)2)14-19-8-5-7-18-6-3-4-9-21(18)19/h3-13H,14-15H2,1-2H3,(H,25,30). The summed E-state index contributed by atoms with van der Waals surface area (Å²) >= 11 is 1.34. The van der Waals surface area contributed by atoms with Gasteiger partial charge in [-0.25, -0.2) is 0 Å². The van der Waals surface area contributed by atoms with Gasteiger partial charge in [-0.3, -0.25) is 9.59 Å². The summed E-state index contributed by atoms with van der Waals surface area (Å²) in [7, 11) is 1.92. The number of carbonyl (C=O) groups excluding carboxylic acids is 2. The number of benzene rings is 3. The highest BCUT2D eigenvalue weighted by molar-refractivity contribution is 7.99. The lowest BCUT2D eigenvalue weighted by molar-refractivity contribution is -0.113. The van der Waals surface area contributed by atoms with Crippen molar-refractivity contribution in [2.45, 2.75) is 18.5 Å². The van der Waals surface area contributed by atoms with Gasteiger partial charge in [0, 0.05) is 24.7 Å². The maximum atomic E-state index is 12.3. The minimum atomic E-state index is -0.140. The van der Waals surface area contributed by atoms with Crippen LogP contribution >= 0.6 is 11.8 Å². The predicted octanol–water partition coefficient (Wildman–Crippen LogP) is 4.49. The summed E-state index contributed by atoms with van der Waals surface area (Å²) < 4.78 is 1.93. The van der Waals surface area contributed by atoms with Crippen LogP contribution in [-0.4, -0.2) is 32.2 Å². The molecule has 0 saturated heterocycles. The Kier molecular flexibility index (Phi) is 6.13. The fourth-order valence-corrected chi connectivity index (χ4v) is 4.09. The smallest absolute Gasteiger partial charge is 0.234 e. The van der Waals surface area contributed by atoms with Crippen LogP contribution in [-0.2, 0) is 18.3 Å². The Morgan fingerprint density at radius 3 is 2.48 bits per heavy atom. The van der Waals surface area contributed by atoms with Crippen molar-refractivity contribution in [2.75, 3.05) is 11.1 Å².